The molecule has 0 aliphatic carbocycles. The number of carbonyl (C=O) groups is 1. The van der Waals surface area contributed by atoms with Gasteiger partial charge in [-0.05, 0) is 67.1 Å². The van der Waals surface area contributed by atoms with Gasteiger partial charge in [0.2, 0.25) is 0 Å². The average Bonchev–Trinajstić information content (AvgIpc) is 2.89. The normalized spacial score (nSPS) is 11.4. The first kappa shape index (κ1) is 26.5. The lowest BCUT2D eigenvalue weighted by Gasteiger charge is -2.12. The largest absolute Gasteiger partial charge is 0.491 e. The molecule has 4 aromatic rings. The van der Waals surface area contributed by atoms with E-state index in [-0.39, 0.29) is 14.9 Å². The van der Waals surface area contributed by atoms with Gasteiger partial charge in [-0.25, -0.2) is 0 Å². The number of nitrogen functional groups attached to an aromatic ring is 1. The lowest BCUT2D eigenvalue weighted by Crippen LogP contribution is -2.08. The zero-order valence-corrected chi connectivity index (χ0v) is 21.7. The number of aryl methyl sites for hydroxylation is 4. The summed E-state index contributed by atoms with van der Waals surface area (Å²) >= 11 is 0. The summed E-state index contributed by atoms with van der Waals surface area (Å²) in [6, 6.07) is 13.8. The van der Waals surface area contributed by atoms with Crippen LogP contribution in [0.25, 0.3) is 21.8 Å². The molecule has 8 nitrogen and oxygen atoms in total. The second kappa shape index (κ2) is 12.6. The highest BCUT2D eigenvalue weighted by atomic mass is 31.1. The molecule has 2 aromatic heterocycles. The predicted molar refractivity (Wildman–Crippen MR) is 145 cm³/mol. The summed E-state index contributed by atoms with van der Waals surface area (Å²) in [4.78, 5) is 20.5. The number of carboxylic acid groups (broad SMARTS) is 1. The van der Waals surface area contributed by atoms with Gasteiger partial charge in [-0.2, -0.15) is 0 Å². The summed E-state index contributed by atoms with van der Waals surface area (Å²) in [5.41, 5.74) is 12.6. The smallest absolute Gasteiger partial charge is 0.303 e. The van der Waals surface area contributed by atoms with Crippen LogP contribution in [0.5, 0.6) is 5.75 Å². The predicted octanol–water partition coefficient (Wildman–Crippen LogP) is 5.16. The van der Waals surface area contributed by atoms with E-state index >= 15 is 0 Å². The highest BCUT2D eigenvalue weighted by Gasteiger charge is 2.12. The van der Waals surface area contributed by atoms with Crippen molar-refractivity contribution in [2.24, 2.45) is 0 Å². The molecule has 4 rings (SSSR count). The molecule has 0 amide bonds. The Bertz CT molecular complexity index is 1430. The Morgan fingerprint density at radius 3 is 2.65 bits per heavy atom. The van der Waals surface area contributed by atoms with Crippen LogP contribution in [0.2, 0.25) is 0 Å². The van der Waals surface area contributed by atoms with E-state index in [0.717, 1.165) is 57.2 Å². The first-order chi connectivity index (χ1) is 18.0. The fourth-order valence-electron chi connectivity index (χ4n) is 4.34. The Morgan fingerprint density at radius 1 is 1.03 bits per heavy atom. The van der Waals surface area contributed by atoms with Crippen molar-refractivity contribution in [1.29, 1.82) is 0 Å². The summed E-state index contributed by atoms with van der Waals surface area (Å²) in [6.07, 6.45) is 4.29. The molecule has 2 heterocycles. The van der Waals surface area contributed by atoms with Crippen LogP contribution in [-0.4, -0.2) is 47.0 Å². The van der Waals surface area contributed by atoms with Crippen molar-refractivity contribution in [3.05, 3.63) is 71.0 Å². The van der Waals surface area contributed by atoms with Crippen LogP contribution < -0.4 is 10.5 Å². The summed E-state index contributed by atoms with van der Waals surface area (Å²) in [7, 11) is 0.0970. The molecule has 3 N–H and O–H groups in total. The van der Waals surface area contributed by atoms with E-state index in [1.54, 1.807) is 6.20 Å². The summed E-state index contributed by atoms with van der Waals surface area (Å²) in [5, 5.41) is 10.8. The van der Waals surface area contributed by atoms with Crippen LogP contribution in [0.1, 0.15) is 28.8 Å². The van der Waals surface area contributed by atoms with Crippen LogP contribution in [0, 0.1) is 6.92 Å². The van der Waals surface area contributed by atoms with Crippen molar-refractivity contribution in [1.82, 2.24) is 9.97 Å². The van der Waals surface area contributed by atoms with Gasteiger partial charge in [0.25, 0.3) is 0 Å². The number of nitrogens with two attached hydrogens (primary N) is 1. The van der Waals surface area contributed by atoms with E-state index in [4.69, 9.17) is 25.3 Å². The molecule has 0 fully saturated rings. The van der Waals surface area contributed by atoms with E-state index in [2.05, 4.69) is 18.0 Å². The highest BCUT2D eigenvalue weighted by Crippen LogP contribution is 2.31. The fourth-order valence-corrected chi connectivity index (χ4v) is 4.54. The molecule has 0 saturated carbocycles. The number of nitrogens with zero attached hydrogens (tertiary/aromatic N) is 2. The fraction of sp³-hybridized carbons (Fsp3) is 0.321. The third-order valence-electron chi connectivity index (χ3n) is 6.26. The van der Waals surface area contributed by atoms with Crippen LogP contribution in [0.3, 0.4) is 0 Å². The molecule has 0 atom stereocenters. The summed E-state index contributed by atoms with van der Waals surface area (Å²) in [6.45, 7) is 3.44. The summed E-state index contributed by atoms with van der Waals surface area (Å²) < 4.78 is 21.5. The zero-order chi connectivity index (χ0) is 26.2. The van der Waals surface area contributed by atoms with Gasteiger partial charge in [-0.15, -0.1) is 0 Å². The third kappa shape index (κ3) is 6.79. The molecule has 0 spiro atoms. The maximum Gasteiger partial charge on any atom is 0.303 e. The number of fused-ring (bicyclic) bond motifs is 3. The number of aromatic nitrogens is 2. The number of hydrogen-bond donors (Lipinski definition) is 2. The van der Waals surface area contributed by atoms with E-state index in [9.17, 15) is 9.36 Å². The topological polar surface area (TPSA) is 125 Å². The molecular weight excluding hydrogens is 489 g/mol. The van der Waals surface area contributed by atoms with Gasteiger partial charge in [0, 0.05) is 28.6 Å². The number of benzene rings is 2. The molecular formula is C28H30N3O5P. The van der Waals surface area contributed by atoms with E-state index in [1.165, 1.54) is 5.56 Å². The van der Waals surface area contributed by atoms with Crippen molar-refractivity contribution < 1.29 is 23.9 Å². The van der Waals surface area contributed by atoms with E-state index in [1.807, 2.05) is 36.4 Å². The van der Waals surface area contributed by atoms with Crippen molar-refractivity contribution in [3.8, 4) is 5.75 Å². The third-order valence-corrected chi connectivity index (χ3v) is 6.62. The second-order valence-electron chi connectivity index (χ2n) is 8.83. The maximum absolute atomic E-state index is 11.0. The minimum atomic E-state index is -0.840. The van der Waals surface area contributed by atoms with Crippen LogP contribution in [0.15, 0.2) is 48.7 Å². The SMILES string of the molecule is Cc1cc(OCCOCCP=O)ccc1CCc1ccc2c(cnc3c(CCC(=O)O)ccc(N)c32)n1. The average molecular weight is 520 g/mol. The number of aliphatic carboxylic acids is 1. The minimum absolute atomic E-state index is 0.0418. The number of ether oxygens (including phenoxy) is 2. The Balaban J connectivity index is 1.44. The number of rotatable bonds is 13. The van der Waals surface area contributed by atoms with Crippen LogP contribution in [-0.2, 0) is 33.4 Å². The first-order valence-electron chi connectivity index (χ1n) is 12.2. The monoisotopic (exact) mass is 519 g/mol. The standard InChI is InChI=1S/C28H30N3O5P/c1-18-16-22(36-13-12-35-14-15-37-34)8-3-19(18)2-6-21-7-9-23-25(31-21)17-30-28-20(5-11-26(32)33)4-10-24(29)27(23)28/h3-4,7-10,16-17H,2,5-6,11-15,29H2,1H3,(H,32,33). The van der Waals surface area contributed by atoms with Gasteiger partial charge in [-0.3, -0.25) is 19.3 Å². The Hall–Kier alpha value is -3.61. The molecule has 0 bridgehead atoms. The van der Waals surface area contributed by atoms with Crippen molar-refractivity contribution >= 4 is 41.9 Å². The van der Waals surface area contributed by atoms with Gasteiger partial charge in [0.05, 0.1) is 36.6 Å². The molecule has 0 unspecified atom stereocenters. The lowest BCUT2D eigenvalue weighted by atomic mass is 10.00. The van der Waals surface area contributed by atoms with Crippen molar-refractivity contribution in [2.75, 3.05) is 31.7 Å². The molecule has 192 valence electrons. The molecule has 37 heavy (non-hydrogen) atoms. The Kier molecular flexibility index (Phi) is 8.99. The minimum Gasteiger partial charge on any atom is -0.491 e. The van der Waals surface area contributed by atoms with Crippen molar-refractivity contribution in [2.45, 2.75) is 32.6 Å². The van der Waals surface area contributed by atoms with Gasteiger partial charge in [0.15, 0.2) is 8.46 Å². The van der Waals surface area contributed by atoms with E-state index in [0.29, 0.717) is 38.1 Å². The number of anilines is 1. The molecule has 0 aliphatic heterocycles. The highest BCUT2D eigenvalue weighted by molar-refractivity contribution is 7.23. The molecule has 2 aromatic carbocycles. The van der Waals surface area contributed by atoms with Gasteiger partial charge in [-0.1, -0.05) is 18.2 Å². The molecule has 0 radical (unpaired) electrons. The number of carboxylic acids is 1. The number of hydrogen-bond acceptors (Lipinski definition) is 7. The molecule has 0 saturated heterocycles. The van der Waals surface area contributed by atoms with Gasteiger partial charge >= 0.3 is 5.97 Å². The van der Waals surface area contributed by atoms with Gasteiger partial charge in [0.1, 0.15) is 12.4 Å². The maximum atomic E-state index is 11.0. The van der Waals surface area contributed by atoms with Crippen LogP contribution >= 0.6 is 8.46 Å². The number of pyridine rings is 2. The summed E-state index contributed by atoms with van der Waals surface area (Å²) in [5.74, 6) is -0.0406. The quantitative estimate of drug-likeness (QED) is 0.107. The van der Waals surface area contributed by atoms with Crippen LogP contribution in [0.4, 0.5) is 5.69 Å². The second-order valence-corrected chi connectivity index (χ2v) is 9.53. The van der Waals surface area contributed by atoms with E-state index < -0.39 is 5.97 Å². The van der Waals surface area contributed by atoms with Gasteiger partial charge < -0.3 is 20.3 Å². The lowest BCUT2D eigenvalue weighted by molar-refractivity contribution is -0.136. The van der Waals surface area contributed by atoms with Crippen molar-refractivity contribution in [3.63, 3.8) is 0 Å². The zero-order valence-electron chi connectivity index (χ0n) is 20.8. The molecule has 0 aliphatic rings. The molecule has 9 heteroatoms. The first-order valence-corrected chi connectivity index (χ1v) is 13.2. The Labute approximate surface area is 217 Å². The Morgan fingerprint density at radius 2 is 1.86 bits per heavy atom.